The van der Waals surface area contributed by atoms with Crippen molar-refractivity contribution in [3.63, 3.8) is 0 Å². The summed E-state index contributed by atoms with van der Waals surface area (Å²) in [4.78, 5) is 27.0. The highest BCUT2D eigenvalue weighted by Gasteiger charge is 2.45. The molecule has 2 N–H and O–H groups in total. The van der Waals surface area contributed by atoms with Crippen molar-refractivity contribution < 1.29 is 27.9 Å². The van der Waals surface area contributed by atoms with Gasteiger partial charge in [-0.3, -0.25) is 9.59 Å². The first-order valence-electron chi connectivity index (χ1n) is 10.6. The maximum atomic E-state index is 14.7. The molecule has 3 aromatic carbocycles. The summed E-state index contributed by atoms with van der Waals surface area (Å²) < 4.78 is 42.9. The zero-order valence-electron chi connectivity index (χ0n) is 18.1. The maximum Gasteiger partial charge on any atom is 0.258 e. The van der Waals surface area contributed by atoms with Crippen LogP contribution in [0.2, 0.25) is 10.0 Å². The lowest BCUT2D eigenvalue weighted by atomic mass is 9.91. The number of aliphatic hydroxyl groups is 1. The Kier molecular flexibility index (Phi) is 7.07. The van der Waals surface area contributed by atoms with Gasteiger partial charge < -0.3 is 15.3 Å². The summed E-state index contributed by atoms with van der Waals surface area (Å²) >= 11 is 12.0. The van der Waals surface area contributed by atoms with Gasteiger partial charge in [0.05, 0.1) is 23.1 Å². The molecule has 10 heteroatoms. The first-order chi connectivity index (χ1) is 16.6. The minimum Gasteiger partial charge on any atom is -0.396 e. The standard InChI is InChI=1S/C25H19Cl2F3N2O3/c26-15-3-8-22-18(11-15)20(13-33)25(29,30)9-10-32(22)24(35)14-1-5-17(6-2-14)31-23(34)19-12-16(28)4-7-21(19)27/h1-8,11-12,20,33H,9-10,13H2,(H,31,34)/t20-/m1/s1. The molecule has 0 saturated carbocycles. The molecule has 0 unspecified atom stereocenters. The molecular weight excluding hydrogens is 504 g/mol. The Labute approximate surface area is 209 Å². The Morgan fingerprint density at radius 2 is 1.77 bits per heavy atom. The van der Waals surface area contributed by atoms with Crippen LogP contribution in [0.1, 0.15) is 38.6 Å². The number of hydrogen-bond donors (Lipinski definition) is 2. The number of hydrogen-bond acceptors (Lipinski definition) is 3. The van der Waals surface area contributed by atoms with E-state index in [1.807, 2.05) is 0 Å². The van der Waals surface area contributed by atoms with Crippen LogP contribution < -0.4 is 10.2 Å². The lowest BCUT2D eigenvalue weighted by molar-refractivity contribution is -0.0463. The quantitative estimate of drug-likeness (QED) is 0.432. The highest BCUT2D eigenvalue weighted by Crippen LogP contribution is 2.44. The Morgan fingerprint density at radius 1 is 1.06 bits per heavy atom. The Morgan fingerprint density at radius 3 is 2.46 bits per heavy atom. The van der Waals surface area contributed by atoms with E-state index in [1.54, 1.807) is 0 Å². The number of anilines is 2. The summed E-state index contributed by atoms with van der Waals surface area (Å²) in [7, 11) is 0. The molecule has 2 amide bonds. The van der Waals surface area contributed by atoms with Crippen molar-refractivity contribution in [3.05, 3.63) is 93.2 Å². The molecule has 0 bridgehead atoms. The van der Waals surface area contributed by atoms with Crippen LogP contribution in [0.3, 0.4) is 0 Å². The Hall–Kier alpha value is -3.07. The number of nitrogens with one attached hydrogen (secondary N) is 1. The fourth-order valence-electron chi connectivity index (χ4n) is 4.00. The van der Waals surface area contributed by atoms with Gasteiger partial charge in [0.2, 0.25) is 0 Å². The van der Waals surface area contributed by atoms with Crippen molar-refractivity contribution >= 4 is 46.4 Å². The molecule has 3 aromatic rings. The molecule has 1 aliphatic heterocycles. The van der Waals surface area contributed by atoms with Crippen LogP contribution in [-0.4, -0.2) is 36.0 Å². The molecule has 1 atom stereocenters. The minimum absolute atomic E-state index is 0.0500. The van der Waals surface area contributed by atoms with Gasteiger partial charge in [-0.25, -0.2) is 13.2 Å². The molecule has 0 aromatic heterocycles. The van der Waals surface area contributed by atoms with Crippen LogP contribution in [0.15, 0.2) is 60.7 Å². The van der Waals surface area contributed by atoms with Crippen LogP contribution in [0.5, 0.6) is 0 Å². The zero-order valence-corrected chi connectivity index (χ0v) is 19.6. The molecule has 0 radical (unpaired) electrons. The van der Waals surface area contributed by atoms with Gasteiger partial charge in [-0.15, -0.1) is 0 Å². The molecule has 0 saturated heterocycles. The molecule has 35 heavy (non-hydrogen) atoms. The number of fused-ring (bicyclic) bond motifs is 1. The third-order valence-electron chi connectivity index (χ3n) is 5.82. The van der Waals surface area contributed by atoms with Gasteiger partial charge >= 0.3 is 0 Å². The van der Waals surface area contributed by atoms with Gasteiger partial charge in [0.1, 0.15) is 5.82 Å². The van der Waals surface area contributed by atoms with E-state index in [0.29, 0.717) is 5.69 Å². The number of halogens is 5. The average Bonchev–Trinajstić information content (AvgIpc) is 2.93. The third kappa shape index (κ3) is 5.15. The highest BCUT2D eigenvalue weighted by molar-refractivity contribution is 6.34. The SMILES string of the molecule is O=C(Nc1ccc(C(=O)N2CCC(F)(F)[C@H](CO)c3cc(Cl)ccc32)cc1)c1cc(F)ccc1Cl. The van der Waals surface area contributed by atoms with Gasteiger partial charge in [-0.2, -0.15) is 0 Å². The predicted octanol–water partition coefficient (Wildman–Crippen LogP) is 6.15. The van der Waals surface area contributed by atoms with E-state index in [2.05, 4.69) is 5.32 Å². The predicted molar refractivity (Wildman–Crippen MR) is 128 cm³/mol. The van der Waals surface area contributed by atoms with E-state index < -0.39 is 42.5 Å². The summed E-state index contributed by atoms with van der Waals surface area (Å²) in [6, 6.07) is 13.5. The molecule has 5 nitrogen and oxygen atoms in total. The maximum absolute atomic E-state index is 14.7. The lowest BCUT2D eigenvalue weighted by Gasteiger charge is -2.24. The number of alkyl halides is 2. The van der Waals surface area contributed by atoms with Gasteiger partial charge in [0.25, 0.3) is 17.7 Å². The van der Waals surface area contributed by atoms with Gasteiger partial charge in [-0.1, -0.05) is 23.2 Å². The second-order valence-corrected chi connectivity index (χ2v) is 8.91. The number of amides is 2. The summed E-state index contributed by atoms with van der Waals surface area (Å²) in [6.07, 6.45) is -0.640. The van der Waals surface area contributed by atoms with Crippen molar-refractivity contribution in [3.8, 4) is 0 Å². The number of carbonyl (C=O) groups excluding carboxylic acids is 2. The molecule has 0 fully saturated rings. The summed E-state index contributed by atoms with van der Waals surface area (Å²) in [5.74, 6) is -6.52. The van der Waals surface area contributed by atoms with E-state index >= 15 is 0 Å². The van der Waals surface area contributed by atoms with Crippen LogP contribution in [0.4, 0.5) is 24.5 Å². The van der Waals surface area contributed by atoms with E-state index in [-0.39, 0.29) is 39.0 Å². The van der Waals surface area contributed by atoms with Crippen LogP contribution >= 0.6 is 23.2 Å². The van der Waals surface area contributed by atoms with Crippen molar-refractivity contribution in [2.45, 2.75) is 18.3 Å². The van der Waals surface area contributed by atoms with E-state index in [9.17, 15) is 27.9 Å². The second kappa shape index (κ2) is 9.89. The number of aliphatic hydroxyl groups excluding tert-OH is 1. The number of benzene rings is 3. The van der Waals surface area contributed by atoms with Gasteiger partial charge in [-0.05, 0) is 66.2 Å². The normalized spacial score (nSPS) is 16.9. The third-order valence-corrected chi connectivity index (χ3v) is 6.39. The monoisotopic (exact) mass is 522 g/mol. The topological polar surface area (TPSA) is 69.6 Å². The van der Waals surface area contributed by atoms with Crippen molar-refractivity contribution in [2.24, 2.45) is 0 Å². The Bertz CT molecular complexity index is 1290. The first-order valence-corrected chi connectivity index (χ1v) is 11.3. The first kappa shape index (κ1) is 25.0. The molecular formula is C25H19Cl2F3N2O3. The second-order valence-electron chi connectivity index (χ2n) is 8.06. The van der Waals surface area contributed by atoms with Crippen LogP contribution in [-0.2, 0) is 0 Å². The molecule has 182 valence electrons. The number of carbonyl (C=O) groups is 2. The number of rotatable bonds is 4. The summed E-state index contributed by atoms with van der Waals surface area (Å²) in [6.45, 7) is -1.07. The Balaban J connectivity index is 1.59. The molecule has 1 heterocycles. The van der Waals surface area contributed by atoms with Gasteiger partial charge in [0.15, 0.2) is 0 Å². The van der Waals surface area contributed by atoms with Crippen LogP contribution in [0.25, 0.3) is 0 Å². The van der Waals surface area contributed by atoms with Crippen molar-refractivity contribution in [2.75, 3.05) is 23.4 Å². The molecule has 0 aliphatic carbocycles. The minimum atomic E-state index is -3.24. The van der Waals surface area contributed by atoms with Crippen molar-refractivity contribution in [1.29, 1.82) is 0 Å². The lowest BCUT2D eigenvalue weighted by Crippen LogP contribution is -2.33. The largest absolute Gasteiger partial charge is 0.396 e. The fraction of sp³-hybridized carbons (Fsp3) is 0.200. The molecule has 4 rings (SSSR count). The van der Waals surface area contributed by atoms with Crippen molar-refractivity contribution in [1.82, 2.24) is 0 Å². The highest BCUT2D eigenvalue weighted by atomic mass is 35.5. The average molecular weight is 523 g/mol. The summed E-state index contributed by atoms with van der Waals surface area (Å²) in [5, 5.41) is 12.5. The van der Waals surface area contributed by atoms with E-state index in [0.717, 1.165) is 12.1 Å². The molecule has 1 aliphatic rings. The smallest absolute Gasteiger partial charge is 0.258 e. The van der Waals surface area contributed by atoms with E-state index in [4.69, 9.17) is 23.2 Å². The summed E-state index contributed by atoms with van der Waals surface area (Å²) in [5.41, 5.74) is 0.798. The van der Waals surface area contributed by atoms with E-state index in [1.165, 1.54) is 53.4 Å². The van der Waals surface area contributed by atoms with Gasteiger partial charge in [0, 0.05) is 34.9 Å². The molecule has 0 spiro atoms. The van der Waals surface area contributed by atoms with Crippen LogP contribution in [0, 0.1) is 5.82 Å². The zero-order chi connectivity index (χ0) is 25.3. The fourth-order valence-corrected chi connectivity index (χ4v) is 4.38. The number of nitrogens with zero attached hydrogens (tertiary/aromatic N) is 1.